The summed E-state index contributed by atoms with van der Waals surface area (Å²) in [6.07, 6.45) is 3.51. The number of halogens is 1. The highest BCUT2D eigenvalue weighted by Gasteiger charge is 2.23. The highest BCUT2D eigenvalue weighted by Crippen LogP contribution is 2.41. The van der Waals surface area contributed by atoms with E-state index < -0.39 is 0 Å². The molecule has 1 aliphatic rings. The third-order valence-electron chi connectivity index (χ3n) is 3.85. The lowest BCUT2D eigenvalue weighted by Gasteiger charge is -2.10. The lowest BCUT2D eigenvalue weighted by Crippen LogP contribution is -2.22. The molecule has 3 rings (SSSR count). The maximum atomic E-state index is 11.0. The van der Waals surface area contributed by atoms with Gasteiger partial charge in [-0.25, -0.2) is 0 Å². The molecule has 1 N–H and O–H groups in total. The second-order valence-corrected chi connectivity index (χ2v) is 6.47. The first-order valence-electron chi connectivity index (χ1n) is 7.10. The Labute approximate surface area is 127 Å². The highest BCUT2D eigenvalue weighted by molar-refractivity contribution is 9.10. The van der Waals surface area contributed by atoms with Crippen LogP contribution in [0.25, 0.3) is 10.8 Å². The number of amides is 1. The second-order valence-electron chi connectivity index (χ2n) is 5.55. The fourth-order valence-electron chi connectivity index (χ4n) is 2.66. The highest BCUT2D eigenvalue weighted by atomic mass is 79.9. The quantitative estimate of drug-likeness (QED) is 0.895. The van der Waals surface area contributed by atoms with Crippen molar-refractivity contribution >= 4 is 32.6 Å². The Morgan fingerprint density at radius 2 is 2.10 bits per heavy atom. The number of rotatable bonds is 4. The molecule has 2 nitrogen and oxygen atoms in total. The van der Waals surface area contributed by atoms with Crippen molar-refractivity contribution in [1.29, 1.82) is 0 Å². The number of carbonyl (C=O) groups is 1. The molecule has 0 aromatic heterocycles. The van der Waals surface area contributed by atoms with Crippen LogP contribution in [0.2, 0.25) is 0 Å². The summed E-state index contributed by atoms with van der Waals surface area (Å²) >= 11 is 3.58. The van der Waals surface area contributed by atoms with Gasteiger partial charge in [0.2, 0.25) is 5.91 Å². The summed E-state index contributed by atoms with van der Waals surface area (Å²) < 4.78 is 1.10. The number of carbonyl (C=O) groups excluding carboxylic acids is 1. The van der Waals surface area contributed by atoms with Gasteiger partial charge in [0.1, 0.15) is 0 Å². The Morgan fingerprint density at radius 1 is 1.30 bits per heavy atom. The summed E-state index contributed by atoms with van der Waals surface area (Å²) in [7, 11) is 0. The van der Waals surface area contributed by atoms with Crippen LogP contribution in [0.15, 0.2) is 34.8 Å². The van der Waals surface area contributed by atoms with E-state index in [2.05, 4.69) is 51.6 Å². The number of nitrogens with one attached hydrogen (secondary N) is 1. The zero-order chi connectivity index (χ0) is 14.1. The van der Waals surface area contributed by atoms with E-state index in [0.29, 0.717) is 6.54 Å². The van der Waals surface area contributed by atoms with E-state index in [4.69, 9.17) is 0 Å². The Balaban J connectivity index is 1.94. The molecule has 20 heavy (non-hydrogen) atoms. The Kier molecular flexibility index (Phi) is 3.79. The molecule has 1 fully saturated rings. The van der Waals surface area contributed by atoms with Gasteiger partial charge in [0.05, 0.1) is 0 Å². The molecular formula is C17H18BrNO. The van der Waals surface area contributed by atoms with Crippen molar-refractivity contribution in [3.05, 3.63) is 45.9 Å². The van der Waals surface area contributed by atoms with Crippen molar-refractivity contribution in [2.24, 2.45) is 0 Å². The first-order chi connectivity index (χ1) is 9.63. The van der Waals surface area contributed by atoms with Gasteiger partial charge < -0.3 is 5.32 Å². The van der Waals surface area contributed by atoms with E-state index >= 15 is 0 Å². The largest absolute Gasteiger partial charge is 0.356 e. The summed E-state index contributed by atoms with van der Waals surface area (Å²) in [5, 5.41) is 5.46. The van der Waals surface area contributed by atoms with Crippen LogP contribution in [0.4, 0.5) is 0 Å². The minimum absolute atomic E-state index is 0.0305. The van der Waals surface area contributed by atoms with Gasteiger partial charge in [-0.15, -0.1) is 0 Å². The molecule has 1 aliphatic carbocycles. The molecule has 0 heterocycles. The van der Waals surface area contributed by atoms with Gasteiger partial charge in [0, 0.05) is 17.9 Å². The molecule has 0 spiro atoms. The van der Waals surface area contributed by atoms with Crippen molar-refractivity contribution in [3.8, 4) is 0 Å². The fraction of sp³-hybridized carbons (Fsp3) is 0.353. The van der Waals surface area contributed by atoms with Gasteiger partial charge in [-0.05, 0) is 59.2 Å². The van der Waals surface area contributed by atoms with Crippen LogP contribution in [0.3, 0.4) is 0 Å². The summed E-state index contributed by atoms with van der Waals surface area (Å²) in [4.78, 5) is 11.0. The van der Waals surface area contributed by atoms with E-state index in [0.717, 1.165) is 16.8 Å². The third kappa shape index (κ3) is 3.04. The third-order valence-corrected chi connectivity index (χ3v) is 4.30. The van der Waals surface area contributed by atoms with Crippen molar-refractivity contribution in [3.63, 3.8) is 0 Å². The van der Waals surface area contributed by atoms with Crippen LogP contribution in [0.5, 0.6) is 0 Å². The van der Waals surface area contributed by atoms with Gasteiger partial charge in [0.25, 0.3) is 0 Å². The molecule has 1 saturated carbocycles. The number of hydrogen-bond acceptors (Lipinski definition) is 1. The van der Waals surface area contributed by atoms with E-state index in [-0.39, 0.29) is 5.91 Å². The molecule has 1 amide bonds. The zero-order valence-electron chi connectivity index (χ0n) is 11.6. The number of hydrogen-bond donors (Lipinski definition) is 1. The minimum Gasteiger partial charge on any atom is -0.356 e. The second kappa shape index (κ2) is 5.57. The topological polar surface area (TPSA) is 29.1 Å². The van der Waals surface area contributed by atoms with Gasteiger partial charge in [-0.3, -0.25) is 4.79 Å². The van der Waals surface area contributed by atoms with E-state index in [9.17, 15) is 4.79 Å². The molecule has 0 aliphatic heterocycles. The fourth-order valence-corrected chi connectivity index (χ4v) is 3.19. The molecule has 2 aromatic carbocycles. The van der Waals surface area contributed by atoms with Crippen molar-refractivity contribution < 1.29 is 4.79 Å². The van der Waals surface area contributed by atoms with Crippen molar-refractivity contribution in [2.45, 2.75) is 32.1 Å². The molecular weight excluding hydrogens is 314 g/mol. The molecule has 0 bridgehead atoms. The standard InChI is InChI=1S/C17H18BrNO/c1-11(20)19-7-6-15-9-16(18)8-14-5-4-13(10-17(14)15)12-2-3-12/h4-5,8-10,12H,2-3,6-7H2,1H3,(H,19,20). The first kappa shape index (κ1) is 13.6. The molecule has 0 radical (unpaired) electrons. The van der Waals surface area contributed by atoms with Gasteiger partial charge in [0.15, 0.2) is 0 Å². The SMILES string of the molecule is CC(=O)NCCc1cc(Br)cc2ccc(C3CC3)cc12. The monoisotopic (exact) mass is 331 g/mol. The lowest BCUT2D eigenvalue weighted by atomic mass is 9.98. The van der Waals surface area contributed by atoms with Crippen LogP contribution < -0.4 is 5.32 Å². The van der Waals surface area contributed by atoms with Gasteiger partial charge in [-0.2, -0.15) is 0 Å². The maximum Gasteiger partial charge on any atom is 0.216 e. The Morgan fingerprint density at radius 3 is 2.80 bits per heavy atom. The van der Waals surface area contributed by atoms with E-state index in [1.54, 1.807) is 6.92 Å². The predicted octanol–water partition coefficient (Wildman–Crippen LogP) is 4.16. The van der Waals surface area contributed by atoms with Crippen LogP contribution in [-0.2, 0) is 11.2 Å². The maximum absolute atomic E-state index is 11.0. The molecule has 0 saturated heterocycles. The lowest BCUT2D eigenvalue weighted by molar-refractivity contribution is -0.118. The van der Waals surface area contributed by atoms with Crippen molar-refractivity contribution in [2.75, 3.05) is 6.54 Å². The molecule has 3 heteroatoms. The summed E-state index contributed by atoms with van der Waals surface area (Å²) in [6.45, 7) is 2.25. The minimum atomic E-state index is 0.0305. The van der Waals surface area contributed by atoms with Crippen LogP contribution in [0.1, 0.15) is 36.8 Å². The Hall–Kier alpha value is -1.35. The molecule has 2 aromatic rings. The predicted molar refractivity (Wildman–Crippen MR) is 86.0 cm³/mol. The number of benzene rings is 2. The average molecular weight is 332 g/mol. The van der Waals surface area contributed by atoms with Crippen LogP contribution in [0, 0.1) is 0 Å². The smallest absolute Gasteiger partial charge is 0.216 e. The van der Waals surface area contributed by atoms with E-state index in [1.807, 2.05) is 0 Å². The zero-order valence-corrected chi connectivity index (χ0v) is 13.2. The average Bonchev–Trinajstić information content (AvgIpc) is 3.22. The van der Waals surface area contributed by atoms with E-state index in [1.165, 1.54) is 34.7 Å². The van der Waals surface area contributed by atoms with Crippen molar-refractivity contribution in [1.82, 2.24) is 5.32 Å². The first-order valence-corrected chi connectivity index (χ1v) is 7.89. The Bertz CT molecular complexity index is 661. The van der Waals surface area contributed by atoms with Gasteiger partial charge >= 0.3 is 0 Å². The van der Waals surface area contributed by atoms with Gasteiger partial charge in [-0.1, -0.05) is 34.1 Å². The van der Waals surface area contributed by atoms with Crippen LogP contribution >= 0.6 is 15.9 Å². The summed E-state index contributed by atoms with van der Waals surface area (Å²) in [6, 6.07) is 11.1. The summed E-state index contributed by atoms with van der Waals surface area (Å²) in [5.74, 6) is 0.800. The normalized spacial score (nSPS) is 14.5. The molecule has 104 valence electrons. The molecule has 0 atom stereocenters. The number of fused-ring (bicyclic) bond motifs is 1. The molecule has 0 unspecified atom stereocenters. The summed E-state index contributed by atoms with van der Waals surface area (Å²) in [5.41, 5.74) is 2.76. The van der Waals surface area contributed by atoms with Crippen LogP contribution in [-0.4, -0.2) is 12.5 Å².